The smallest absolute Gasteiger partial charge is 0.244 e. The number of benzene rings is 1. The van der Waals surface area contributed by atoms with Crippen LogP contribution < -0.4 is 5.32 Å². The summed E-state index contributed by atoms with van der Waals surface area (Å²) in [5.41, 5.74) is 0. The average Bonchev–Trinajstić information content (AvgIpc) is 2.48. The maximum Gasteiger partial charge on any atom is 0.244 e. The van der Waals surface area contributed by atoms with Crippen LogP contribution >= 0.6 is 23.2 Å². The van der Waals surface area contributed by atoms with E-state index in [9.17, 15) is 8.42 Å². The zero-order valence-electron chi connectivity index (χ0n) is 12.0. The number of sulfonamides is 1. The first-order valence-corrected chi connectivity index (χ1v) is 9.31. The number of piperidine rings is 1. The third-order valence-corrected chi connectivity index (χ3v) is 6.72. The van der Waals surface area contributed by atoms with E-state index in [4.69, 9.17) is 23.2 Å². The normalized spacial score (nSPS) is 17.3. The van der Waals surface area contributed by atoms with Gasteiger partial charge in [0.1, 0.15) is 4.90 Å². The van der Waals surface area contributed by atoms with Gasteiger partial charge in [0, 0.05) is 13.1 Å². The van der Waals surface area contributed by atoms with Crippen LogP contribution in [-0.4, -0.2) is 38.9 Å². The third-order valence-electron chi connectivity index (χ3n) is 3.81. The molecule has 0 amide bonds. The van der Waals surface area contributed by atoms with E-state index in [1.165, 1.54) is 10.4 Å². The van der Waals surface area contributed by atoms with Crippen molar-refractivity contribution in [2.45, 2.75) is 24.7 Å². The fourth-order valence-corrected chi connectivity index (χ4v) is 4.83. The van der Waals surface area contributed by atoms with E-state index in [0.29, 0.717) is 19.0 Å². The Morgan fingerprint density at radius 2 is 1.95 bits per heavy atom. The molecule has 0 bridgehead atoms. The van der Waals surface area contributed by atoms with Crippen molar-refractivity contribution in [1.29, 1.82) is 0 Å². The summed E-state index contributed by atoms with van der Waals surface area (Å²) < 4.78 is 27.1. The maximum atomic E-state index is 12.8. The summed E-state index contributed by atoms with van der Waals surface area (Å²) >= 11 is 12.0. The number of hydrogen-bond donors (Lipinski definition) is 1. The van der Waals surface area contributed by atoms with E-state index in [2.05, 4.69) is 5.32 Å². The third kappa shape index (κ3) is 3.90. The Balaban J connectivity index is 2.24. The van der Waals surface area contributed by atoms with Gasteiger partial charge in [-0.25, -0.2) is 8.42 Å². The van der Waals surface area contributed by atoms with E-state index in [1.807, 2.05) is 6.92 Å². The van der Waals surface area contributed by atoms with Crippen molar-refractivity contribution >= 4 is 33.2 Å². The Labute approximate surface area is 136 Å². The SMILES string of the molecule is CCN(CC1CCNCC1)S(=O)(=O)c1cccc(Cl)c1Cl. The van der Waals surface area contributed by atoms with Crippen LogP contribution in [0.15, 0.2) is 23.1 Å². The van der Waals surface area contributed by atoms with Crippen molar-refractivity contribution in [2.75, 3.05) is 26.2 Å². The summed E-state index contributed by atoms with van der Waals surface area (Å²) in [6, 6.07) is 4.71. The highest BCUT2D eigenvalue weighted by Gasteiger charge is 2.29. The van der Waals surface area contributed by atoms with Crippen LogP contribution in [0.3, 0.4) is 0 Å². The molecule has 7 heteroatoms. The van der Waals surface area contributed by atoms with Gasteiger partial charge in [-0.2, -0.15) is 4.31 Å². The fourth-order valence-electron chi connectivity index (χ4n) is 2.57. The number of hydrogen-bond acceptors (Lipinski definition) is 3. The summed E-state index contributed by atoms with van der Waals surface area (Å²) in [5, 5.41) is 3.65. The molecule has 0 radical (unpaired) electrons. The van der Waals surface area contributed by atoms with Crippen molar-refractivity contribution in [3.63, 3.8) is 0 Å². The van der Waals surface area contributed by atoms with Crippen molar-refractivity contribution < 1.29 is 8.42 Å². The first-order chi connectivity index (χ1) is 9.96. The Morgan fingerprint density at radius 1 is 1.29 bits per heavy atom. The van der Waals surface area contributed by atoms with Crippen LogP contribution in [-0.2, 0) is 10.0 Å². The van der Waals surface area contributed by atoms with E-state index < -0.39 is 10.0 Å². The molecule has 2 rings (SSSR count). The standard InChI is InChI=1S/C14H20Cl2N2O2S/c1-2-18(10-11-6-8-17-9-7-11)21(19,20)13-5-3-4-12(15)14(13)16/h3-5,11,17H,2,6-10H2,1H3. The lowest BCUT2D eigenvalue weighted by Crippen LogP contribution is -2.39. The summed E-state index contributed by atoms with van der Waals surface area (Å²) in [4.78, 5) is 0.0902. The molecule has 0 saturated carbocycles. The molecule has 0 atom stereocenters. The molecule has 0 aromatic heterocycles. The van der Waals surface area contributed by atoms with Crippen LogP contribution in [0.2, 0.25) is 10.0 Å². The molecule has 1 N–H and O–H groups in total. The molecule has 118 valence electrons. The second-order valence-corrected chi connectivity index (χ2v) is 7.89. The Hall–Kier alpha value is -0.330. The van der Waals surface area contributed by atoms with Crippen LogP contribution in [0, 0.1) is 5.92 Å². The van der Waals surface area contributed by atoms with Gasteiger partial charge < -0.3 is 5.32 Å². The molecule has 4 nitrogen and oxygen atoms in total. The Morgan fingerprint density at radius 3 is 2.57 bits per heavy atom. The van der Waals surface area contributed by atoms with Crippen molar-refractivity contribution in [3.8, 4) is 0 Å². The first-order valence-electron chi connectivity index (χ1n) is 7.11. The van der Waals surface area contributed by atoms with Crippen molar-refractivity contribution in [1.82, 2.24) is 9.62 Å². The van der Waals surface area contributed by atoms with Gasteiger partial charge in [0.25, 0.3) is 0 Å². The van der Waals surface area contributed by atoms with E-state index in [1.54, 1.807) is 12.1 Å². The number of rotatable bonds is 5. The molecule has 1 fully saturated rings. The molecule has 1 aliphatic rings. The molecule has 1 aromatic rings. The predicted molar refractivity (Wildman–Crippen MR) is 86.5 cm³/mol. The van der Waals surface area contributed by atoms with Crippen LogP contribution in [0.1, 0.15) is 19.8 Å². The average molecular weight is 351 g/mol. The monoisotopic (exact) mass is 350 g/mol. The molecule has 1 saturated heterocycles. The molecule has 0 unspecified atom stereocenters. The van der Waals surface area contributed by atoms with Gasteiger partial charge in [-0.1, -0.05) is 36.2 Å². The highest BCUT2D eigenvalue weighted by Crippen LogP contribution is 2.31. The lowest BCUT2D eigenvalue weighted by molar-refractivity contribution is 0.294. The predicted octanol–water partition coefficient (Wildman–Crippen LogP) is 3.00. The number of nitrogens with zero attached hydrogens (tertiary/aromatic N) is 1. The Kier molecular flexibility index (Phi) is 5.91. The zero-order chi connectivity index (χ0) is 15.5. The van der Waals surface area contributed by atoms with Crippen LogP contribution in [0.4, 0.5) is 0 Å². The van der Waals surface area contributed by atoms with Gasteiger partial charge in [0.2, 0.25) is 10.0 Å². The van der Waals surface area contributed by atoms with Gasteiger partial charge in [-0.05, 0) is 44.0 Å². The lowest BCUT2D eigenvalue weighted by atomic mass is 9.98. The lowest BCUT2D eigenvalue weighted by Gasteiger charge is -2.29. The minimum Gasteiger partial charge on any atom is -0.317 e. The van der Waals surface area contributed by atoms with E-state index >= 15 is 0 Å². The Bertz CT molecular complexity index is 587. The quantitative estimate of drug-likeness (QED) is 0.887. The summed E-state index contributed by atoms with van der Waals surface area (Å²) in [6.45, 7) is 4.69. The van der Waals surface area contributed by atoms with Crippen LogP contribution in [0.5, 0.6) is 0 Å². The van der Waals surface area contributed by atoms with E-state index in [0.717, 1.165) is 25.9 Å². The zero-order valence-corrected chi connectivity index (χ0v) is 14.3. The number of nitrogens with one attached hydrogen (secondary N) is 1. The van der Waals surface area contributed by atoms with Gasteiger partial charge in [-0.3, -0.25) is 0 Å². The molecular formula is C14H20Cl2N2O2S. The summed E-state index contributed by atoms with van der Waals surface area (Å²) in [5.74, 6) is 0.388. The van der Waals surface area contributed by atoms with Gasteiger partial charge in [0.15, 0.2) is 0 Å². The van der Waals surface area contributed by atoms with E-state index in [-0.39, 0.29) is 14.9 Å². The minimum absolute atomic E-state index is 0.0902. The van der Waals surface area contributed by atoms with Gasteiger partial charge in [0.05, 0.1) is 10.0 Å². The highest BCUT2D eigenvalue weighted by atomic mass is 35.5. The fraction of sp³-hybridized carbons (Fsp3) is 0.571. The minimum atomic E-state index is -3.61. The molecule has 0 spiro atoms. The molecular weight excluding hydrogens is 331 g/mol. The summed E-state index contributed by atoms with van der Waals surface area (Å²) in [6.07, 6.45) is 1.99. The molecule has 1 aliphatic heterocycles. The van der Waals surface area contributed by atoms with Crippen LogP contribution in [0.25, 0.3) is 0 Å². The molecule has 1 heterocycles. The molecule has 0 aliphatic carbocycles. The largest absolute Gasteiger partial charge is 0.317 e. The maximum absolute atomic E-state index is 12.8. The number of halogens is 2. The first kappa shape index (κ1) is 17.0. The van der Waals surface area contributed by atoms with Gasteiger partial charge in [-0.15, -0.1) is 0 Å². The van der Waals surface area contributed by atoms with Crippen molar-refractivity contribution in [2.24, 2.45) is 5.92 Å². The molecule has 21 heavy (non-hydrogen) atoms. The summed E-state index contributed by atoms with van der Waals surface area (Å²) in [7, 11) is -3.61. The van der Waals surface area contributed by atoms with Crippen molar-refractivity contribution in [3.05, 3.63) is 28.2 Å². The second-order valence-electron chi connectivity index (χ2n) is 5.20. The molecule has 1 aromatic carbocycles. The topological polar surface area (TPSA) is 49.4 Å². The highest BCUT2D eigenvalue weighted by molar-refractivity contribution is 7.89. The van der Waals surface area contributed by atoms with Gasteiger partial charge >= 0.3 is 0 Å². The second kappa shape index (κ2) is 7.29.